The van der Waals surface area contributed by atoms with Gasteiger partial charge in [-0.1, -0.05) is 6.92 Å². The minimum absolute atomic E-state index is 0.705. The van der Waals surface area contributed by atoms with Crippen LogP contribution in [0.5, 0.6) is 0 Å². The van der Waals surface area contributed by atoms with Gasteiger partial charge in [0.25, 0.3) is 0 Å². The van der Waals surface area contributed by atoms with Crippen molar-refractivity contribution in [1.29, 1.82) is 0 Å². The Morgan fingerprint density at radius 3 is 3.12 bits per heavy atom. The first-order valence-electron chi connectivity index (χ1n) is 6.71. The van der Waals surface area contributed by atoms with Crippen molar-refractivity contribution in [3.05, 3.63) is 18.2 Å². The van der Waals surface area contributed by atoms with Crippen molar-refractivity contribution in [3.63, 3.8) is 0 Å². The summed E-state index contributed by atoms with van der Waals surface area (Å²) in [5.74, 6) is 1.19. The summed E-state index contributed by atoms with van der Waals surface area (Å²) in [7, 11) is 2.07. The number of nitrogens with one attached hydrogen (secondary N) is 1. The highest BCUT2D eigenvalue weighted by atomic mass is 15.2. The summed E-state index contributed by atoms with van der Waals surface area (Å²) in [5.41, 5.74) is 0. The summed E-state index contributed by atoms with van der Waals surface area (Å²) in [6.07, 6.45) is 7.48. The van der Waals surface area contributed by atoms with Crippen molar-refractivity contribution in [3.8, 4) is 0 Å². The first-order valence-corrected chi connectivity index (χ1v) is 6.71. The van der Waals surface area contributed by atoms with Gasteiger partial charge in [0.2, 0.25) is 0 Å². The van der Waals surface area contributed by atoms with Gasteiger partial charge in [0.1, 0.15) is 5.82 Å². The fourth-order valence-electron chi connectivity index (χ4n) is 2.45. The lowest BCUT2D eigenvalue weighted by Crippen LogP contribution is -2.33. The van der Waals surface area contributed by atoms with Crippen LogP contribution in [-0.4, -0.2) is 46.7 Å². The molecule has 1 N–H and O–H groups in total. The van der Waals surface area contributed by atoms with Gasteiger partial charge in [-0.05, 0) is 25.9 Å². The topological polar surface area (TPSA) is 33.1 Å². The van der Waals surface area contributed by atoms with Gasteiger partial charge < -0.3 is 14.8 Å². The van der Waals surface area contributed by atoms with E-state index < -0.39 is 0 Å². The molecule has 0 bridgehead atoms. The van der Waals surface area contributed by atoms with Gasteiger partial charge in [-0.2, -0.15) is 0 Å². The number of hydrogen-bond acceptors (Lipinski definition) is 3. The molecular formula is C13H24N4. The highest BCUT2D eigenvalue weighted by Crippen LogP contribution is 2.10. The van der Waals surface area contributed by atoms with Crippen molar-refractivity contribution in [2.24, 2.45) is 7.05 Å². The fraction of sp³-hybridized carbons (Fsp3) is 0.769. The van der Waals surface area contributed by atoms with Crippen LogP contribution in [0.4, 0.5) is 0 Å². The summed E-state index contributed by atoms with van der Waals surface area (Å²) in [4.78, 5) is 6.91. The van der Waals surface area contributed by atoms with Gasteiger partial charge >= 0.3 is 0 Å². The third-order valence-corrected chi connectivity index (χ3v) is 3.53. The summed E-state index contributed by atoms with van der Waals surface area (Å²) in [6, 6.07) is 0.705. The predicted octanol–water partition coefficient (Wildman–Crippen LogP) is 1.04. The minimum Gasteiger partial charge on any atom is -0.338 e. The van der Waals surface area contributed by atoms with E-state index in [4.69, 9.17) is 0 Å². The molecule has 1 fully saturated rings. The van der Waals surface area contributed by atoms with Crippen molar-refractivity contribution >= 4 is 0 Å². The molecule has 0 saturated carbocycles. The first-order chi connectivity index (χ1) is 8.29. The maximum Gasteiger partial charge on any atom is 0.109 e. The van der Waals surface area contributed by atoms with Gasteiger partial charge in [0.15, 0.2) is 0 Å². The van der Waals surface area contributed by atoms with Gasteiger partial charge in [-0.25, -0.2) is 4.98 Å². The predicted molar refractivity (Wildman–Crippen MR) is 70.1 cm³/mol. The van der Waals surface area contributed by atoms with E-state index in [9.17, 15) is 0 Å². The summed E-state index contributed by atoms with van der Waals surface area (Å²) in [6.45, 7) is 6.93. The number of nitrogens with zero attached hydrogens (tertiary/aromatic N) is 3. The van der Waals surface area contributed by atoms with E-state index in [-0.39, 0.29) is 0 Å². The Kier molecular flexibility index (Phi) is 4.57. The van der Waals surface area contributed by atoms with E-state index in [1.807, 2.05) is 12.4 Å². The number of rotatable bonds is 6. The quantitative estimate of drug-likeness (QED) is 0.801. The highest BCUT2D eigenvalue weighted by molar-refractivity contribution is 4.92. The van der Waals surface area contributed by atoms with Gasteiger partial charge in [-0.15, -0.1) is 0 Å². The summed E-state index contributed by atoms with van der Waals surface area (Å²) >= 11 is 0. The first kappa shape index (κ1) is 12.6. The number of aryl methyl sites for hydroxylation is 1. The van der Waals surface area contributed by atoms with E-state index in [2.05, 4.69) is 33.7 Å². The molecule has 1 atom stereocenters. The average molecular weight is 236 g/mol. The molecule has 0 amide bonds. The molecule has 2 rings (SSSR count). The second-order valence-corrected chi connectivity index (χ2v) is 4.94. The molecule has 17 heavy (non-hydrogen) atoms. The number of likely N-dealkylation sites (tertiary alicyclic amines) is 1. The van der Waals surface area contributed by atoms with Crippen LogP contribution < -0.4 is 5.32 Å². The lowest BCUT2D eigenvalue weighted by molar-refractivity contribution is 0.328. The molecule has 1 aromatic rings. The summed E-state index contributed by atoms with van der Waals surface area (Å²) in [5, 5.41) is 3.60. The lowest BCUT2D eigenvalue weighted by Gasteiger charge is -2.16. The van der Waals surface area contributed by atoms with Gasteiger partial charge in [-0.3, -0.25) is 0 Å². The molecule has 96 valence electrons. The maximum absolute atomic E-state index is 4.37. The third kappa shape index (κ3) is 3.54. The second kappa shape index (κ2) is 6.17. The molecule has 1 aliphatic heterocycles. The third-order valence-electron chi connectivity index (χ3n) is 3.53. The van der Waals surface area contributed by atoms with Crippen molar-refractivity contribution < 1.29 is 0 Å². The number of aromatic nitrogens is 2. The van der Waals surface area contributed by atoms with Crippen LogP contribution in [0.25, 0.3) is 0 Å². The molecule has 1 aliphatic rings. The summed E-state index contributed by atoms with van der Waals surface area (Å²) < 4.78 is 2.11. The van der Waals surface area contributed by atoms with Crippen LogP contribution in [0.3, 0.4) is 0 Å². The molecule has 2 heterocycles. The number of hydrogen-bond donors (Lipinski definition) is 1. The standard InChI is InChI=1S/C13H24N4/c1-3-6-14-12-4-8-17(11-12)9-5-13-15-7-10-16(13)2/h7,10,12,14H,3-6,8-9,11H2,1-2H3. The zero-order valence-electron chi connectivity index (χ0n) is 11.0. The van der Waals surface area contributed by atoms with Gasteiger partial charge in [0.05, 0.1) is 0 Å². The fourth-order valence-corrected chi connectivity index (χ4v) is 2.45. The zero-order chi connectivity index (χ0) is 12.1. The molecule has 1 saturated heterocycles. The van der Waals surface area contributed by atoms with Crippen molar-refractivity contribution in [2.75, 3.05) is 26.2 Å². The largest absolute Gasteiger partial charge is 0.338 e. The average Bonchev–Trinajstić information content (AvgIpc) is 2.93. The Bertz CT molecular complexity index is 334. The Hall–Kier alpha value is -0.870. The Balaban J connectivity index is 1.69. The molecular weight excluding hydrogens is 212 g/mol. The number of imidazole rings is 1. The maximum atomic E-state index is 4.37. The van der Waals surface area contributed by atoms with Crippen LogP contribution in [0.15, 0.2) is 12.4 Å². The van der Waals surface area contributed by atoms with E-state index >= 15 is 0 Å². The molecule has 0 radical (unpaired) electrons. The minimum atomic E-state index is 0.705. The van der Waals surface area contributed by atoms with Gasteiger partial charge in [0, 0.05) is 45.0 Å². The van der Waals surface area contributed by atoms with Crippen LogP contribution >= 0.6 is 0 Å². The van der Waals surface area contributed by atoms with Crippen LogP contribution in [0.2, 0.25) is 0 Å². The molecule has 0 spiro atoms. The molecule has 1 aromatic heterocycles. The van der Waals surface area contributed by atoms with E-state index in [1.54, 1.807) is 0 Å². The van der Waals surface area contributed by atoms with Crippen LogP contribution in [0.1, 0.15) is 25.6 Å². The zero-order valence-corrected chi connectivity index (χ0v) is 11.0. The molecule has 4 nitrogen and oxygen atoms in total. The molecule has 0 aliphatic carbocycles. The second-order valence-electron chi connectivity index (χ2n) is 4.94. The smallest absolute Gasteiger partial charge is 0.109 e. The van der Waals surface area contributed by atoms with E-state index in [0.717, 1.165) is 19.5 Å². The highest BCUT2D eigenvalue weighted by Gasteiger charge is 2.21. The van der Waals surface area contributed by atoms with Crippen molar-refractivity contribution in [1.82, 2.24) is 19.8 Å². The lowest BCUT2D eigenvalue weighted by atomic mass is 10.2. The molecule has 4 heteroatoms. The Morgan fingerprint density at radius 2 is 2.41 bits per heavy atom. The Labute approximate surface area is 104 Å². The van der Waals surface area contributed by atoms with Crippen molar-refractivity contribution in [2.45, 2.75) is 32.2 Å². The van der Waals surface area contributed by atoms with Crippen LogP contribution in [-0.2, 0) is 13.5 Å². The molecule has 1 unspecified atom stereocenters. The van der Waals surface area contributed by atoms with Crippen LogP contribution in [0, 0.1) is 0 Å². The van der Waals surface area contributed by atoms with E-state index in [1.165, 1.54) is 31.8 Å². The SMILES string of the molecule is CCCNC1CCN(CCc2nccn2C)C1. The molecule has 0 aromatic carbocycles. The monoisotopic (exact) mass is 236 g/mol. The normalized spacial score (nSPS) is 21.2. The Morgan fingerprint density at radius 1 is 1.53 bits per heavy atom. The van der Waals surface area contributed by atoms with E-state index in [0.29, 0.717) is 6.04 Å².